The number of imidazole rings is 1. The zero-order valence-electron chi connectivity index (χ0n) is 11.1. The van der Waals surface area contributed by atoms with Crippen molar-refractivity contribution in [1.29, 1.82) is 0 Å². The minimum Gasteiger partial charge on any atom is -0.455 e. The summed E-state index contributed by atoms with van der Waals surface area (Å²) in [6.45, 7) is 4.45. The third kappa shape index (κ3) is 2.26. The van der Waals surface area contributed by atoms with Crippen LogP contribution in [0.3, 0.4) is 0 Å². The first-order chi connectivity index (χ1) is 9.05. The number of carbonyl (C=O) groups is 1. The summed E-state index contributed by atoms with van der Waals surface area (Å²) in [5.41, 5.74) is 2.09. The van der Waals surface area contributed by atoms with E-state index in [1.165, 1.54) is 0 Å². The Kier molecular flexibility index (Phi) is 2.66. The van der Waals surface area contributed by atoms with Crippen molar-refractivity contribution in [2.45, 2.75) is 32.4 Å². The molecule has 0 saturated carbocycles. The minimum absolute atomic E-state index is 0.278. The topological polar surface area (TPSA) is 44.1 Å². The van der Waals surface area contributed by atoms with E-state index in [1.54, 1.807) is 6.33 Å². The average Bonchev–Trinajstić information content (AvgIpc) is 2.72. The number of hydrogen-bond donors (Lipinski definition) is 0. The van der Waals surface area contributed by atoms with Gasteiger partial charge in [0.05, 0.1) is 12.0 Å². The van der Waals surface area contributed by atoms with E-state index in [0.29, 0.717) is 18.7 Å². The van der Waals surface area contributed by atoms with Crippen LogP contribution in [-0.2, 0) is 17.7 Å². The zero-order chi connectivity index (χ0) is 13.5. The maximum absolute atomic E-state index is 12.1. The minimum atomic E-state index is -0.462. The molecule has 19 heavy (non-hydrogen) atoms. The highest BCUT2D eigenvalue weighted by Crippen LogP contribution is 2.27. The molecule has 0 N–H and O–H groups in total. The number of aromatic nitrogens is 2. The van der Waals surface area contributed by atoms with Gasteiger partial charge in [0, 0.05) is 13.0 Å². The summed E-state index contributed by atoms with van der Waals surface area (Å²) >= 11 is 0. The number of cyclic esters (lactones) is 1. The van der Waals surface area contributed by atoms with Crippen LogP contribution in [0.25, 0.3) is 0 Å². The Labute approximate surface area is 112 Å². The average molecular weight is 256 g/mol. The number of ether oxygens (including phenoxy) is 1. The first-order valence-electron chi connectivity index (χ1n) is 6.36. The fraction of sp³-hybridized carbons (Fsp3) is 0.333. The lowest BCUT2D eigenvalue weighted by atomic mass is 9.98. The zero-order valence-corrected chi connectivity index (χ0v) is 11.1. The van der Waals surface area contributed by atoms with Gasteiger partial charge in [0.1, 0.15) is 5.60 Å². The van der Waals surface area contributed by atoms with E-state index >= 15 is 0 Å². The molecule has 4 nitrogen and oxygen atoms in total. The first-order valence-corrected chi connectivity index (χ1v) is 6.36. The maximum Gasteiger partial charge on any atom is 0.357 e. The second-order valence-electron chi connectivity index (χ2n) is 5.48. The summed E-state index contributed by atoms with van der Waals surface area (Å²) in [6, 6.07) is 10.0. The lowest BCUT2D eigenvalue weighted by Crippen LogP contribution is -2.36. The molecule has 0 bridgehead atoms. The van der Waals surface area contributed by atoms with Gasteiger partial charge < -0.3 is 9.30 Å². The summed E-state index contributed by atoms with van der Waals surface area (Å²) < 4.78 is 7.30. The van der Waals surface area contributed by atoms with Crippen molar-refractivity contribution in [3.05, 3.63) is 53.6 Å². The van der Waals surface area contributed by atoms with Crippen LogP contribution in [0, 0.1) is 0 Å². The molecule has 1 aliphatic rings. The lowest BCUT2D eigenvalue weighted by Gasteiger charge is -2.29. The van der Waals surface area contributed by atoms with E-state index in [-0.39, 0.29) is 5.97 Å². The molecule has 2 heterocycles. The maximum atomic E-state index is 12.1. The normalized spacial score (nSPS) is 16.8. The summed E-state index contributed by atoms with van der Waals surface area (Å²) in [6.07, 6.45) is 2.39. The van der Waals surface area contributed by atoms with E-state index in [1.807, 2.05) is 48.7 Å². The van der Waals surface area contributed by atoms with Crippen LogP contribution in [0.4, 0.5) is 0 Å². The van der Waals surface area contributed by atoms with Gasteiger partial charge in [0.25, 0.3) is 0 Å². The van der Waals surface area contributed by atoms with Crippen LogP contribution in [0.1, 0.15) is 35.6 Å². The Balaban J connectivity index is 1.94. The second kappa shape index (κ2) is 4.23. The van der Waals surface area contributed by atoms with Gasteiger partial charge in [-0.3, -0.25) is 0 Å². The number of nitrogens with zero attached hydrogens (tertiary/aromatic N) is 2. The quantitative estimate of drug-likeness (QED) is 0.775. The van der Waals surface area contributed by atoms with Gasteiger partial charge in [-0.2, -0.15) is 0 Å². The molecule has 0 radical (unpaired) electrons. The number of rotatable bonds is 2. The summed E-state index contributed by atoms with van der Waals surface area (Å²) in [4.78, 5) is 16.5. The van der Waals surface area contributed by atoms with Crippen molar-refractivity contribution in [1.82, 2.24) is 9.55 Å². The third-order valence-corrected chi connectivity index (χ3v) is 3.26. The molecule has 0 atom stereocenters. The van der Waals surface area contributed by atoms with Crippen LogP contribution >= 0.6 is 0 Å². The standard InChI is InChI=1S/C15H16N2O2/c1-15(2)8-12-13(14(18)19-15)17(10-16-12)9-11-6-4-3-5-7-11/h3-7,10H,8-9H2,1-2H3. The summed E-state index contributed by atoms with van der Waals surface area (Å²) in [5.74, 6) is -0.278. The number of fused-ring (bicyclic) bond motifs is 1. The van der Waals surface area contributed by atoms with Crippen molar-refractivity contribution in [2.75, 3.05) is 0 Å². The van der Waals surface area contributed by atoms with E-state index < -0.39 is 5.60 Å². The Morgan fingerprint density at radius 3 is 2.79 bits per heavy atom. The Morgan fingerprint density at radius 1 is 1.32 bits per heavy atom. The van der Waals surface area contributed by atoms with Crippen molar-refractivity contribution in [2.24, 2.45) is 0 Å². The molecule has 0 amide bonds. The van der Waals surface area contributed by atoms with Crippen LogP contribution in [-0.4, -0.2) is 21.1 Å². The highest BCUT2D eigenvalue weighted by Gasteiger charge is 2.35. The molecule has 0 spiro atoms. The molecule has 0 saturated heterocycles. The van der Waals surface area contributed by atoms with E-state index in [9.17, 15) is 4.79 Å². The fourth-order valence-electron chi connectivity index (χ4n) is 2.43. The van der Waals surface area contributed by atoms with Crippen LogP contribution in [0.5, 0.6) is 0 Å². The SMILES string of the molecule is CC1(C)Cc2ncn(Cc3ccccc3)c2C(=O)O1. The Morgan fingerprint density at radius 2 is 2.05 bits per heavy atom. The van der Waals surface area contributed by atoms with Crippen LogP contribution in [0.2, 0.25) is 0 Å². The van der Waals surface area contributed by atoms with E-state index in [4.69, 9.17) is 4.74 Å². The molecule has 0 unspecified atom stereocenters. The highest BCUT2D eigenvalue weighted by atomic mass is 16.6. The molecular formula is C15H16N2O2. The molecule has 2 aromatic rings. The number of esters is 1. The molecular weight excluding hydrogens is 240 g/mol. The van der Waals surface area contributed by atoms with Crippen molar-refractivity contribution in [3.8, 4) is 0 Å². The summed E-state index contributed by atoms with van der Waals surface area (Å²) in [5, 5.41) is 0. The van der Waals surface area contributed by atoms with Gasteiger partial charge in [-0.05, 0) is 19.4 Å². The van der Waals surface area contributed by atoms with E-state index in [2.05, 4.69) is 4.98 Å². The summed E-state index contributed by atoms with van der Waals surface area (Å²) in [7, 11) is 0. The van der Waals surface area contributed by atoms with Crippen molar-refractivity contribution < 1.29 is 9.53 Å². The second-order valence-corrected chi connectivity index (χ2v) is 5.48. The van der Waals surface area contributed by atoms with E-state index in [0.717, 1.165) is 11.3 Å². The van der Waals surface area contributed by atoms with Gasteiger partial charge in [-0.15, -0.1) is 0 Å². The largest absolute Gasteiger partial charge is 0.455 e. The predicted molar refractivity (Wildman–Crippen MR) is 71.0 cm³/mol. The van der Waals surface area contributed by atoms with Crippen LogP contribution < -0.4 is 0 Å². The first kappa shape index (κ1) is 12.0. The van der Waals surface area contributed by atoms with Crippen molar-refractivity contribution in [3.63, 3.8) is 0 Å². The highest BCUT2D eigenvalue weighted by molar-refractivity contribution is 5.90. The Hall–Kier alpha value is -2.10. The number of benzene rings is 1. The monoisotopic (exact) mass is 256 g/mol. The van der Waals surface area contributed by atoms with Gasteiger partial charge in [-0.25, -0.2) is 9.78 Å². The van der Waals surface area contributed by atoms with Gasteiger partial charge in [0.2, 0.25) is 0 Å². The fourth-order valence-corrected chi connectivity index (χ4v) is 2.43. The molecule has 3 rings (SSSR count). The van der Waals surface area contributed by atoms with Gasteiger partial charge in [-0.1, -0.05) is 30.3 Å². The number of carbonyl (C=O) groups excluding carboxylic acids is 1. The van der Waals surface area contributed by atoms with Crippen LogP contribution in [0.15, 0.2) is 36.7 Å². The van der Waals surface area contributed by atoms with Crippen molar-refractivity contribution >= 4 is 5.97 Å². The third-order valence-electron chi connectivity index (χ3n) is 3.26. The molecule has 0 aliphatic carbocycles. The lowest BCUT2D eigenvalue weighted by molar-refractivity contribution is -0.00823. The molecule has 1 aromatic heterocycles. The van der Waals surface area contributed by atoms with Gasteiger partial charge in [0.15, 0.2) is 5.69 Å². The molecule has 98 valence electrons. The smallest absolute Gasteiger partial charge is 0.357 e. The predicted octanol–water partition coefficient (Wildman–Crippen LogP) is 2.42. The molecule has 1 aromatic carbocycles. The van der Waals surface area contributed by atoms with Gasteiger partial charge >= 0.3 is 5.97 Å². The molecule has 1 aliphatic heterocycles. The Bertz CT molecular complexity index is 614. The molecule has 4 heteroatoms. The number of hydrogen-bond acceptors (Lipinski definition) is 3. The molecule has 0 fully saturated rings.